The Hall–Kier alpha value is -4.47. The molecule has 2 N–H and O–H groups in total. The van der Waals surface area contributed by atoms with Crippen LogP contribution in [-0.4, -0.2) is 38.8 Å². The summed E-state index contributed by atoms with van der Waals surface area (Å²) in [7, 11) is 1.61. The summed E-state index contributed by atoms with van der Waals surface area (Å²) in [6.45, 7) is 1.73. The van der Waals surface area contributed by atoms with E-state index >= 15 is 0 Å². The maximum absolute atomic E-state index is 12.5. The maximum Gasteiger partial charge on any atom is 0.249 e. The molecule has 0 fully saturated rings. The summed E-state index contributed by atoms with van der Waals surface area (Å²) in [5.74, 6) is 1.08. The van der Waals surface area contributed by atoms with Crippen LogP contribution in [0.1, 0.15) is 30.8 Å². The minimum Gasteiger partial charge on any atom is -0.496 e. The number of amides is 2. The van der Waals surface area contributed by atoms with Crippen LogP contribution < -0.4 is 15.4 Å². The zero-order valence-corrected chi connectivity index (χ0v) is 19.5. The predicted octanol–water partition coefficient (Wildman–Crippen LogP) is 3.39. The standard InChI is InChI=1S/C25H26N6O4/c1-17(25-29-24(30-35-25)19-9-4-3-5-10-19)27-23(33)16-31-15-20(14-26-31)28-22(32)13-12-18-8-6-7-11-21(18)34-2/h3-11,14-15,17H,12-13,16H2,1-2H3,(H,27,33)(H,28,32)/t17-/m1/s1. The van der Waals surface area contributed by atoms with Gasteiger partial charge in [-0.05, 0) is 25.0 Å². The first-order chi connectivity index (χ1) is 17.0. The lowest BCUT2D eigenvalue weighted by Gasteiger charge is -2.09. The van der Waals surface area contributed by atoms with E-state index in [-0.39, 0.29) is 18.4 Å². The zero-order chi connectivity index (χ0) is 24.6. The van der Waals surface area contributed by atoms with Crippen molar-refractivity contribution in [1.29, 1.82) is 0 Å². The highest BCUT2D eigenvalue weighted by Crippen LogP contribution is 2.20. The summed E-state index contributed by atoms with van der Waals surface area (Å²) < 4.78 is 12.1. The van der Waals surface area contributed by atoms with Gasteiger partial charge in [0.2, 0.25) is 23.5 Å². The lowest BCUT2D eigenvalue weighted by molar-refractivity contribution is -0.122. The number of aryl methyl sites for hydroxylation is 1. The van der Waals surface area contributed by atoms with E-state index < -0.39 is 6.04 Å². The number of nitrogens with one attached hydrogen (secondary N) is 2. The van der Waals surface area contributed by atoms with Crippen LogP contribution in [-0.2, 0) is 22.6 Å². The lowest BCUT2D eigenvalue weighted by atomic mass is 10.1. The molecule has 2 aromatic heterocycles. The molecule has 0 aliphatic carbocycles. The Morgan fingerprint density at radius 2 is 1.86 bits per heavy atom. The molecule has 10 heteroatoms. The number of hydrogen-bond donors (Lipinski definition) is 2. The highest BCUT2D eigenvalue weighted by Gasteiger charge is 2.18. The molecule has 2 aromatic carbocycles. The van der Waals surface area contributed by atoms with Crippen LogP contribution in [0.5, 0.6) is 5.75 Å². The Morgan fingerprint density at radius 1 is 1.09 bits per heavy atom. The quantitative estimate of drug-likeness (QED) is 0.361. The van der Waals surface area contributed by atoms with Gasteiger partial charge in [0.05, 0.1) is 19.0 Å². The third-order valence-corrected chi connectivity index (χ3v) is 5.26. The Bertz CT molecular complexity index is 1280. The topological polar surface area (TPSA) is 124 Å². The van der Waals surface area contributed by atoms with Crippen LogP contribution in [0.4, 0.5) is 5.69 Å². The number of aromatic nitrogens is 4. The van der Waals surface area contributed by atoms with E-state index in [4.69, 9.17) is 9.26 Å². The molecule has 0 saturated carbocycles. The van der Waals surface area contributed by atoms with Gasteiger partial charge in [0.25, 0.3) is 0 Å². The van der Waals surface area contributed by atoms with Crippen LogP contribution in [0.3, 0.4) is 0 Å². The second-order valence-electron chi connectivity index (χ2n) is 7.90. The van der Waals surface area contributed by atoms with Crippen LogP contribution in [0, 0.1) is 0 Å². The molecule has 0 saturated heterocycles. The number of carbonyl (C=O) groups excluding carboxylic acids is 2. The number of carbonyl (C=O) groups is 2. The van der Waals surface area contributed by atoms with Gasteiger partial charge in [-0.2, -0.15) is 10.1 Å². The van der Waals surface area contributed by atoms with Gasteiger partial charge < -0.3 is 19.9 Å². The number of benzene rings is 2. The fourth-order valence-electron chi connectivity index (χ4n) is 3.51. The van der Waals surface area contributed by atoms with Gasteiger partial charge in [0, 0.05) is 18.2 Å². The van der Waals surface area contributed by atoms with E-state index in [0.29, 0.717) is 30.2 Å². The fourth-order valence-corrected chi connectivity index (χ4v) is 3.51. The number of methoxy groups -OCH3 is 1. The highest BCUT2D eigenvalue weighted by molar-refractivity contribution is 5.90. The van der Waals surface area contributed by atoms with Gasteiger partial charge in [-0.25, -0.2) is 0 Å². The van der Waals surface area contributed by atoms with Crippen molar-refractivity contribution in [2.24, 2.45) is 0 Å². The van der Waals surface area contributed by atoms with E-state index in [1.807, 2.05) is 54.6 Å². The molecule has 2 amide bonds. The predicted molar refractivity (Wildman–Crippen MR) is 128 cm³/mol. The summed E-state index contributed by atoms with van der Waals surface area (Å²) >= 11 is 0. The van der Waals surface area contributed by atoms with Gasteiger partial charge >= 0.3 is 0 Å². The third-order valence-electron chi connectivity index (χ3n) is 5.26. The lowest BCUT2D eigenvalue weighted by Crippen LogP contribution is -2.30. The van der Waals surface area contributed by atoms with Crippen LogP contribution in [0.25, 0.3) is 11.4 Å². The minimum absolute atomic E-state index is 0.0267. The van der Waals surface area contributed by atoms with Crippen molar-refractivity contribution >= 4 is 17.5 Å². The highest BCUT2D eigenvalue weighted by atomic mass is 16.5. The van der Waals surface area contributed by atoms with Crippen LogP contribution in [0.2, 0.25) is 0 Å². The van der Waals surface area contributed by atoms with Gasteiger partial charge in [0.1, 0.15) is 18.3 Å². The zero-order valence-electron chi connectivity index (χ0n) is 19.5. The van der Waals surface area contributed by atoms with Gasteiger partial charge in [0.15, 0.2) is 0 Å². The van der Waals surface area contributed by atoms with Crippen molar-refractivity contribution in [2.45, 2.75) is 32.4 Å². The largest absolute Gasteiger partial charge is 0.496 e. The SMILES string of the molecule is COc1ccccc1CCC(=O)Nc1cnn(CC(=O)N[C@H](C)c2nc(-c3ccccc3)no2)c1. The first kappa shape index (κ1) is 23.7. The Balaban J connectivity index is 1.25. The number of anilines is 1. The molecule has 35 heavy (non-hydrogen) atoms. The number of nitrogens with zero attached hydrogens (tertiary/aromatic N) is 4. The monoisotopic (exact) mass is 474 g/mol. The second-order valence-corrected chi connectivity index (χ2v) is 7.90. The molecule has 4 rings (SSSR count). The van der Waals surface area contributed by atoms with E-state index in [2.05, 4.69) is 25.9 Å². The first-order valence-electron chi connectivity index (χ1n) is 11.1. The Labute approximate surface area is 202 Å². The molecule has 0 aliphatic rings. The molecule has 0 aliphatic heterocycles. The van der Waals surface area contributed by atoms with Crippen LogP contribution in [0.15, 0.2) is 71.5 Å². The Morgan fingerprint density at radius 3 is 2.66 bits per heavy atom. The van der Waals surface area contributed by atoms with Crippen LogP contribution >= 0.6 is 0 Å². The summed E-state index contributed by atoms with van der Waals surface area (Å²) in [6.07, 6.45) is 3.94. The third kappa shape index (κ3) is 6.32. The summed E-state index contributed by atoms with van der Waals surface area (Å²) in [6, 6.07) is 16.6. The van der Waals surface area contributed by atoms with Crippen molar-refractivity contribution in [1.82, 2.24) is 25.2 Å². The van der Waals surface area contributed by atoms with Crippen molar-refractivity contribution in [3.63, 3.8) is 0 Å². The fraction of sp³-hybridized carbons (Fsp3) is 0.240. The molecule has 2 heterocycles. The van der Waals surface area contributed by atoms with Crippen molar-refractivity contribution in [2.75, 3.05) is 12.4 Å². The van der Waals surface area contributed by atoms with Gasteiger partial charge in [-0.15, -0.1) is 0 Å². The van der Waals surface area contributed by atoms with Crippen molar-refractivity contribution in [3.8, 4) is 17.1 Å². The molecule has 0 unspecified atom stereocenters. The number of ether oxygens (including phenoxy) is 1. The Kier molecular flexibility index (Phi) is 7.51. The normalized spacial score (nSPS) is 11.6. The molecular weight excluding hydrogens is 448 g/mol. The summed E-state index contributed by atoms with van der Waals surface area (Å²) in [5, 5.41) is 13.7. The second kappa shape index (κ2) is 11.1. The maximum atomic E-state index is 12.5. The molecule has 0 bridgehead atoms. The van der Waals surface area contributed by atoms with Crippen molar-refractivity contribution < 1.29 is 18.8 Å². The number of para-hydroxylation sites is 1. The minimum atomic E-state index is -0.475. The van der Waals surface area contributed by atoms with E-state index in [1.54, 1.807) is 20.2 Å². The molecule has 0 radical (unpaired) electrons. The van der Waals surface area contributed by atoms with E-state index in [1.165, 1.54) is 10.9 Å². The summed E-state index contributed by atoms with van der Waals surface area (Å²) in [4.78, 5) is 29.2. The van der Waals surface area contributed by atoms with Gasteiger partial charge in [-0.1, -0.05) is 53.7 Å². The summed E-state index contributed by atoms with van der Waals surface area (Å²) in [5.41, 5.74) is 2.30. The van der Waals surface area contributed by atoms with Crippen molar-refractivity contribution in [3.05, 3.63) is 78.4 Å². The average molecular weight is 475 g/mol. The molecule has 4 aromatic rings. The van der Waals surface area contributed by atoms with Gasteiger partial charge in [-0.3, -0.25) is 14.3 Å². The molecule has 0 spiro atoms. The molecule has 10 nitrogen and oxygen atoms in total. The molecule has 180 valence electrons. The smallest absolute Gasteiger partial charge is 0.249 e. The van der Waals surface area contributed by atoms with E-state index in [9.17, 15) is 9.59 Å². The number of rotatable bonds is 10. The average Bonchev–Trinajstić information content (AvgIpc) is 3.53. The molecular formula is C25H26N6O4. The molecule has 1 atom stereocenters. The first-order valence-corrected chi connectivity index (χ1v) is 11.1. The number of hydrogen-bond acceptors (Lipinski definition) is 7. The van der Waals surface area contributed by atoms with E-state index in [0.717, 1.165) is 16.9 Å².